The van der Waals surface area contributed by atoms with Crippen molar-refractivity contribution in [2.45, 2.75) is 33.2 Å². The molecular weight excluding hydrogens is 293 g/mol. The normalized spacial score (nSPS) is 12.7. The van der Waals surface area contributed by atoms with E-state index in [1.165, 1.54) is 15.8 Å². The smallest absolute Gasteiger partial charge is 0.129 e. The molecule has 0 aliphatic rings. The van der Waals surface area contributed by atoms with Crippen LogP contribution in [0.2, 0.25) is 5.02 Å². The molecule has 0 fully saturated rings. The molecule has 0 amide bonds. The molecule has 0 aliphatic heterocycles. The molecule has 0 radical (unpaired) electrons. The first kappa shape index (κ1) is 15.5. The number of rotatable bonds is 5. The van der Waals surface area contributed by atoms with Gasteiger partial charge in [-0.3, -0.25) is 0 Å². The first-order chi connectivity index (χ1) is 9.52. The minimum Gasteiger partial charge on any atom is -0.306 e. The Morgan fingerprint density at radius 3 is 2.55 bits per heavy atom. The second-order valence-corrected chi connectivity index (χ2v) is 6.82. The van der Waals surface area contributed by atoms with Gasteiger partial charge in [-0.25, -0.2) is 4.39 Å². The van der Waals surface area contributed by atoms with Gasteiger partial charge in [0.15, 0.2) is 0 Å². The van der Waals surface area contributed by atoms with E-state index in [0.29, 0.717) is 10.6 Å². The second-order valence-electron chi connectivity index (χ2n) is 4.92. The van der Waals surface area contributed by atoms with Crippen LogP contribution in [0.1, 0.15) is 40.3 Å². The molecule has 2 rings (SSSR count). The van der Waals surface area contributed by atoms with Crippen molar-refractivity contribution in [3.63, 3.8) is 0 Å². The third-order valence-corrected chi connectivity index (χ3v) is 4.48. The highest BCUT2D eigenvalue weighted by molar-refractivity contribution is 7.12. The lowest BCUT2D eigenvalue weighted by Gasteiger charge is -2.20. The molecule has 1 atom stereocenters. The van der Waals surface area contributed by atoms with Gasteiger partial charge in [0.05, 0.1) is 6.04 Å². The minimum atomic E-state index is -0.255. The predicted molar refractivity (Wildman–Crippen MR) is 85.3 cm³/mol. The molecule has 0 bridgehead atoms. The Bertz CT molecular complexity index is 594. The fraction of sp³-hybridized carbons (Fsp3) is 0.375. The van der Waals surface area contributed by atoms with Gasteiger partial charge in [-0.2, -0.15) is 0 Å². The average molecular weight is 312 g/mol. The lowest BCUT2D eigenvalue weighted by molar-refractivity contribution is 0.546. The molecule has 0 aliphatic carbocycles. The molecule has 4 heteroatoms. The molecule has 1 unspecified atom stereocenters. The fourth-order valence-corrected chi connectivity index (χ4v) is 3.47. The summed E-state index contributed by atoms with van der Waals surface area (Å²) in [6.07, 6.45) is 1.01. The van der Waals surface area contributed by atoms with Crippen LogP contribution < -0.4 is 5.32 Å². The van der Waals surface area contributed by atoms with Crippen LogP contribution in [0.5, 0.6) is 0 Å². The first-order valence-corrected chi connectivity index (χ1v) is 7.97. The number of halogens is 2. The highest BCUT2D eigenvalue weighted by atomic mass is 35.5. The maximum atomic E-state index is 14.2. The molecule has 1 aromatic carbocycles. The Morgan fingerprint density at radius 2 is 2.00 bits per heavy atom. The van der Waals surface area contributed by atoms with Gasteiger partial charge in [0.1, 0.15) is 5.82 Å². The summed E-state index contributed by atoms with van der Waals surface area (Å²) in [6.45, 7) is 7.12. The van der Waals surface area contributed by atoms with Crippen LogP contribution in [-0.4, -0.2) is 6.54 Å². The van der Waals surface area contributed by atoms with Crippen molar-refractivity contribution in [1.29, 1.82) is 0 Å². The van der Waals surface area contributed by atoms with Gasteiger partial charge in [-0.1, -0.05) is 24.6 Å². The summed E-state index contributed by atoms with van der Waals surface area (Å²) in [4.78, 5) is 2.47. The van der Waals surface area contributed by atoms with Gasteiger partial charge >= 0.3 is 0 Å². The molecule has 1 heterocycles. The minimum absolute atomic E-state index is 0.114. The number of thiophene rings is 1. The van der Waals surface area contributed by atoms with Crippen LogP contribution in [0.4, 0.5) is 4.39 Å². The van der Waals surface area contributed by atoms with Crippen molar-refractivity contribution in [3.05, 3.63) is 56.0 Å². The van der Waals surface area contributed by atoms with Gasteiger partial charge < -0.3 is 5.32 Å². The lowest BCUT2D eigenvalue weighted by Crippen LogP contribution is -2.24. The first-order valence-electron chi connectivity index (χ1n) is 6.78. The SMILES string of the molecule is CCCNC(c1ccc(Cl)cc1F)c1cc(C)sc1C. The third-order valence-electron chi connectivity index (χ3n) is 3.26. The standard InChI is InChI=1S/C16H19ClFNS/c1-4-7-19-16(14-8-10(2)20-11(14)3)13-6-5-12(17)9-15(13)18/h5-6,8-9,16,19H,4,7H2,1-3H3. The van der Waals surface area contributed by atoms with Gasteiger partial charge in [0, 0.05) is 20.3 Å². The van der Waals surface area contributed by atoms with E-state index >= 15 is 0 Å². The van der Waals surface area contributed by atoms with Gasteiger partial charge in [-0.05, 0) is 50.6 Å². The van der Waals surface area contributed by atoms with E-state index in [1.807, 2.05) is 0 Å². The quantitative estimate of drug-likeness (QED) is 0.795. The van der Waals surface area contributed by atoms with E-state index < -0.39 is 0 Å². The zero-order valence-corrected chi connectivity index (χ0v) is 13.5. The zero-order chi connectivity index (χ0) is 14.7. The summed E-state index contributed by atoms with van der Waals surface area (Å²) in [6, 6.07) is 6.93. The molecule has 108 valence electrons. The van der Waals surface area contributed by atoms with Crippen LogP contribution in [0, 0.1) is 19.7 Å². The maximum absolute atomic E-state index is 14.2. The molecule has 1 nitrogen and oxygen atoms in total. The van der Waals surface area contributed by atoms with Crippen LogP contribution in [0.15, 0.2) is 24.3 Å². The molecule has 20 heavy (non-hydrogen) atoms. The Labute approximate surface area is 128 Å². The Balaban J connectivity index is 2.44. The zero-order valence-electron chi connectivity index (χ0n) is 12.0. The number of aryl methyl sites for hydroxylation is 2. The van der Waals surface area contributed by atoms with Crippen LogP contribution in [0.25, 0.3) is 0 Å². The van der Waals surface area contributed by atoms with E-state index in [4.69, 9.17) is 11.6 Å². The third kappa shape index (κ3) is 3.40. The molecule has 0 spiro atoms. The van der Waals surface area contributed by atoms with Crippen LogP contribution in [0.3, 0.4) is 0 Å². The number of hydrogen-bond acceptors (Lipinski definition) is 2. The predicted octanol–water partition coefficient (Wildman–Crippen LogP) is 5.25. The van der Waals surface area contributed by atoms with Crippen molar-refractivity contribution >= 4 is 22.9 Å². The Kier molecular flexibility index (Phi) is 5.19. The number of benzene rings is 1. The van der Waals surface area contributed by atoms with Crippen LogP contribution in [-0.2, 0) is 0 Å². The molecular formula is C16H19ClFNS. The van der Waals surface area contributed by atoms with E-state index in [0.717, 1.165) is 18.5 Å². The topological polar surface area (TPSA) is 12.0 Å². The van der Waals surface area contributed by atoms with Crippen molar-refractivity contribution in [3.8, 4) is 0 Å². The lowest BCUT2D eigenvalue weighted by atomic mass is 9.98. The van der Waals surface area contributed by atoms with Crippen molar-refractivity contribution < 1.29 is 4.39 Å². The Morgan fingerprint density at radius 1 is 1.25 bits per heavy atom. The molecule has 2 aromatic rings. The second kappa shape index (κ2) is 6.70. The van der Waals surface area contributed by atoms with E-state index in [2.05, 4.69) is 32.2 Å². The van der Waals surface area contributed by atoms with Crippen molar-refractivity contribution in [2.75, 3.05) is 6.54 Å². The van der Waals surface area contributed by atoms with Crippen LogP contribution >= 0.6 is 22.9 Å². The van der Waals surface area contributed by atoms with Crippen molar-refractivity contribution in [1.82, 2.24) is 5.32 Å². The highest BCUT2D eigenvalue weighted by Gasteiger charge is 2.20. The van der Waals surface area contributed by atoms with Gasteiger partial charge in [-0.15, -0.1) is 11.3 Å². The van der Waals surface area contributed by atoms with E-state index in [1.54, 1.807) is 23.5 Å². The van der Waals surface area contributed by atoms with E-state index in [9.17, 15) is 4.39 Å². The van der Waals surface area contributed by atoms with E-state index in [-0.39, 0.29) is 11.9 Å². The van der Waals surface area contributed by atoms with Crippen molar-refractivity contribution in [2.24, 2.45) is 0 Å². The molecule has 0 saturated heterocycles. The summed E-state index contributed by atoms with van der Waals surface area (Å²) in [7, 11) is 0. The molecule has 1 N–H and O–H groups in total. The summed E-state index contributed by atoms with van der Waals surface area (Å²) >= 11 is 7.60. The highest BCUT2D eigenvalue weighted by Crippen LogP contribution is 2.32. The average Bonchev–Trinajstić information content (AvgIpc) is 2.71. The number of hydrogen-bond donors (Lipinski definition) is 1. The fourth-order valence-electron chi connectivity index (χ4n) is 2.35. The number of nitrogens with one attached hydrogen (secondary N) is 1. The molecule has 1 aromatic heterocycles. The monoisotopic (exact) mass is 311 g/mol. The summed E-state index contributed by atoms with van der Waals surface area (Å²) in [5.41, 5.74) is 1.81. The Hall–Kier alpha value is -0.900. The van der Waals surface area contributed by atoms with Gasteiger partial charge in [0.2, 0.25) is 0 Å². The summed E-state index contributed by atoms with van der Waals surface area (Å²) < 4.78 is 14.2. The maximum Gasteiger partial charge on any atom is 0.129 e. The van der Waals surface area contributed by atoms with Gasteiger partial charge in [0.25, 0.3) is 0 Å². The molecule has 0 saturated carbocycles. The summed E-state index contributed by atoms with van der Waals surface area (Å²) in [5, 5.41) is 3.87. The summed E-state index contributed by atoms with van der Waals surface area (Å²) in [5.74, 6) is -0.255. The largest absolute Gasteiger partial charge is 0.306 e.